The van der Waals surface area contributed by atoms with Gasteiger partial charge in [-0.1, -0.05) is 58.1 Å². The second-order valence-corrected chi connectivity index (χ2v) is 8.71. The maximum Gasteiger partial charge on any atom is 0.0653 e. The Kier molecular flexibility index (Phi) is 6.59. The molecule has 0 fully saturated rings. The van der Waals surface area contributed by atoms with Crippen molar-refractivity contribution in [1.29, 1.82) is 0 Å². The van der Waals surface area contributed by atoms with Crippen LogP contribution in [0, 0.1) is 0 Å². The van der Waals surface area contributed by atoms with Crippen LogP contribution in [-0.4, -0.2) is 11.1 Å². The fourth-order valence-electron chi connectivity index (χ4n) is 4.06. The van der Waals surface area contributed by atoms with Gasteiger partial charge in [-0.15, -0.1) is 0 Å². The van der Waals surface area contributed by atoms with Crippen LogP contribution in [-0.2, 0) is 0 Å². The summed E-state index contributed by atoms with van der Waals surface area (Å²) in [4.78, 5) is 4.96. The van der Waals surface area contributed by atoms with E-state index >= 15 is 0 Å². The van der Waals surface area contributed by atoms with E-state index in [-0.39, 0.29) is 11.1 Å². The maximum atomic E-state index is 2.49. The van der Waals surface area contributed by atoms with E-state index in [9.17, 15) is 0 Å². The summed E-state index contributed by atoms with van der Waals surface area (Å²) in [6, 6.07) is 8.89. The zero-order valence-electron chi connectivity index (χ0n) is 17.3. The molecule has 0 saturated carbocycles. The van der Waals surface area contributed by atoms with Gasteiger partial charge in [-0.2, -0.15) is 0 Å². The third kappa shape index (κ3) is 4.59. The Labute approximate surface area is 155 Å². The van der Waals surface area contributed by atoms with Gasteiger partial charge in [-0.05, 0) is 52.7 Å². The van der Waals surface area contributed by atoms with Crippen LogP contribution >= 0.6 is 0 Å². The Bertz CT molecular complexity index is 571. The molecule has 0 N–H and O–H groups in total. The van der Waals surface area contributed by atoms with Gasteiger partial charge in [0.05, 0.1) is 11.4 Å². The molecule has 140 valence electrons. The standard InChI is InChI=1S/C23H38N2/c1-7-9-10-13-17-23(5,6)25-19-18-24(22(3,4)16-8-2)20-14-11-12-15-21(20)25/h11-12,14-15,18-19H,7-10,13,16-17H2,1-6H3. The molecule has 25 heavy (non-hydrogen) atoms. The number of para-hydroxylation sites is 2. The highest BCUT2D eigenvalue weighted by Gasteiger charge is 2.34. The lowest BCUT2D eigenvalue weighted by molar-refractivity contribution is 0.422. The first kappa shape index (κ1) is 19.9. The van der Waals surface area contributed by atoms with E-state index in [0.717, 1.165) is 0 Å². The third-order valence-corrected chi connectivity index (χ3v) is 5.57. The minimum Gasteiger partial charge on any atom is -0.339 e. The van der Waals surface area contributed by atoms with Crippen LogP contribution in [0.1, 0.15) is 86.5 Å². The number of unbranched alkanes of at least 4 members (excludes halogenated alkanes) is 3. The molecule has 0 amide bonds. The van der Waals surface area contributed by atoms with Gasteiger partial charge in [0.2, 0.25) is 0 Å². The molecule has 1 aliphatic heterocycles. The van der Waals surface area contributed by atoms with Crippen molar-refractivity contribution < 1.29 is 0 Å². The normalized spacial score (nSPS) is 14.8. The summed E-state index contributed by atoms with van der Waals surface area (Å²) in [5, 5.41) is 0. The quantitative estimate of drug-likeness (QED) is 0.441. The van der Waals surface area contributed by atoms with E-state index in [2.05, 4.69) is 88.0 Å². The van der Waals surface area contributed by atoms with Crippen LogP contribution in [0.2, 0.25) is 0 Å². The van der Waals surface area contributed by atoms with Gasteiger partial charge in [0.15, 0.2) is 0 Å². The molecule has 0 unspecified atom stereocenters. The Hall–Kier alpha value is -1.44. The molecule has 0 saturated heterocycles. The lowest BCUT2D eigenvalue weighted by atomic mass is 9.91. The summed E-state index contributed by atoms with van der Waals surface area (Å²) >= 11 is 0. The fraction of sp³-hybridized carbons (Fsp3) is 0.652. The molecule has 0 aliphatic carbocycles. The molecule has 2 heteroatoms. The van der Waals surface area contributed by atoms with E-state index in [1.165, 1.54) is 56.3 Å². The Morgan fingerprint density at radius 1 is 0.680 bits per heavy atom. The Balaban J connectivity index is 2.26. The van der Waals surface area contributed by atoms with Crippen molar-refractivity contribution in [3.05, 3.63) is 36.7 Å². The van der Waals surface area contributed by atoms with E-state index < -0.39 is 0 Å². The maximum absolute atomic E-state index is 2.49. The summed E-state index contributed by atoms with van der Waals surface area (Å²) in [5.74, 6) is 0. The highest BCUT2D eigenvalue weighted by molar-refractivity contribution is 5.77. The van der Waals surface area contributed by atoms with E-state index in [1.807, 2.05) is 0 Å². The SMILES string of the molecule is CCCCCCC(C)(C)N1C=CN(C(C)(C)CCC)c2ccccc21. The number of rotatable bonds is 9. The molecule has 2 rings (SSSR count). The lowest BCUT2D eigenvalue weighted by Gasteiger charge is -2.47. The summed E-state index contributed by atoms with van der Waals surface area (Å²) in [5.41, 5.74) is 2.96. The zero-order valence-corrected chi connectivity index (χ0v) is 17.3. The Morgan fingerprint density at radius 3 is 1.68 bits per heavy atom. The van der Waals surface area contributed by atoms with Crippen LogP contribution in [0.25, 0.3) is 0 Å². The second kappa shape index (κ2) is 8.29. The monoisotopic (exact) mass is 342 g/mol. The predicted octanol–water partition coefficient (Wildman–Crippen LogP) is 7.11. The van der Waals surface area contributed by atoms with Gasteiger partial charge in [-0.25, -0.2) is 0 Å². The summed E-state index contributed by atoms with van der Waals surface area (Å²) < 4.78 is 0. The fourth-order valence-corrected chi connectivity index (χ4v) is 4.06. The number of hydrogen-bond donors (Lipinski definition) is 0. The van der Waals surface area contributed by atoms with Crippen LogP contribution in [0.3, 0.4) is 0 Å². The van der Waals surface area contributed by atoms with Crippen LogP contribution < -0.4 is 9.80 Å². The first-order chi connectivity index (χ1) is 11.8. The summed E-state index contributed by atoms with van der Waals surface area (Å²) in [6.07, 6.45) is 13.5. The first-order valence-corrected chi connectivity index (χ1v) is 10.2. The highest BCUT2D eigenvalue weighted by atomic mass is 15.3. The van der Waals surface area contributed by atoms with Crippen molar-refractivity contribution in [2.75, 3.05) is 9.80 Å². The molecular weight excluding hydrogens is 304 g/mol. The van der Waals surface area contributed by atoms with Crippen molar-refractivity contribution in [1.82, 2.24) is 0 Å². The zero-order chi connectivity index (χ0) is 18.5. The summed E-state index contributed by atoms with van der Waals surface area (Å²) in [6.45, 7) is 14.0. The van der Waals surface area contributed by atoms with Gasteiger partial charge >= 0.3 is 0 Å². The number of nitrogens with zero attached hydrogens (tertiary/aromatic N) is 2. The average Bonchev–Trinajstić information content (AvgIpc) is 2.57. The van der Waals surface area contributed by atoms with Crippen molar-refractivity contribution >= 4 is 11.4 Å². The molecule has 0 spiro atoms. The first-order valence-electron chi connectivity index (χ1n) is 10.2. The smallest absolute Gasteiger partial charge is 0.0653 e. The van der Waals surface area contributed by atoms with Gasteiger partial charge in [0.25, 0.3) is 0 Å². The number of anilines is 2. The molecular formula is C23H38N2. The largest absolute Gasteiger partial charge is 0.339 e. The lowest BCUT2D eigenvalue weighted by Crippen LogP contribution is -2.47. The van der Waals surface area contributed by atoms with Crippen molar-refractivity contribution in [3.8, 4) is 0 Å². The van der Waals surface area contributed by atoms with Crippen LogP contribution in [0.5, 0.6) is 0 Å². The molecule has 0 aromatic heterocycles. The van der Waals surface area contributed by atoms with Crippen LogP contribution in [0.15, 0.2) is 36.7 Å². The molecule has 0 radical (unpaired) electrons. The molecule has 1 aromatic carbocycles. The van der Waals surface area contributed by atoms with E-state index in [1.54, 1.807) is 0 Å². The van der Waals surface area contributed by atoms with E-state index in [0.29, 0.717) is 0 Å². The van der Waals surface area contributed by atoms with Crippen LogP contribution in [0.4, 0.5) is 11.4 Å². The molecule has 1 aromatic rings. The molecule has 0 bridgehead atoms. The molecule has 1 heterocycles. The topological polar surface area (TPSA) is 6.48 Å². The van der Waals surface area contributed by atoms with Gasteiger partial charge in [-0.3, -0.25) is 0 Å². The van der Waals surface area contributed by atoms with Crippen molar-refractivity contribution in [2.45, 2.75) is 97.6 Å². The third-order valence-electron chi connectivity index (χ3n) is 5.57. The van der Waals surface area contributed by atoms with Gasteiger partial charge < -0.3 is 9.80 Å². The van der Waals surface area contributed by atoms with Gasteiger partial charge in [0.1, 0.15) is 0 Å². The average molecular weight is 343 g/mol. The van der Waals surface area contributed by atoms with Crippen molar-refractivity contribution in [3.63, 3.8) is 0 Å². The number of benzene rings is 1. The summed E-state index contributed by atoms with van der Waals surface area (Å²) in [7, 11) is 0. The number of fused-ring (bicyclic) bond motifs is 1. The predicted molar refractivity (Wildman–Crippen MR) is 112 cm³/mol. The second-order valence-electron chi connectivity index (χ2n) is 8.71. The van der Waals surface area contributed by atoms with Gasteiger partial charge in [0, 0.05) is 23.5 Å². The van der Waals surface area contributed by atoms with E-state index in [4.69, 9.17) is 0 Å². The molecule has 1 aliphatic rings. The highest BCUT2D eigenvalue weighted by Crippen LogP contribution is 2.42. The number of hydrogen-bond acceptors (Lipinski definition) is 2. The minimum absolute atomic E-state index is 0.138. The van der Waals surface area contributed by atoms with Crippen molar-refractivity contribution in [2.24, 2.45) is 0 Å². The Morgan fingerprint density at radius 2 is 1.20 bits per heavy atom. The minimum atomic E-state index is 0.138. The molecule has 2 nitrogen and oxygen atoms in total. The molecule has 0 atom stereocenters.